The highest BCUT2D eigenvalue weighted by Gasteiger charge is 2.70. The van der Waals surface area contributed by atoms with Crippen molar-refractivity contribution < 1.29 is 23.9 Å². The highest BCUT2D eigenvalue weighted by Crippen LogP contribution is 2.75. The van der Waals surface area contributed by atoms with Crippen molar-refractivity contribution >= 4 is 17.7 Å². The molecule has 0 radical (unpaired) electrons. The maximum Gasteiger partial charge on any atom is 0.313 e. The number of rotatable bonds is 4. The van der Waals surface area contributed by atoms with Crippen LogP contribution in [0.15, 0.2) is 42.0 Å². The Bertz CT molecular complexity index is 1370. The predicted molar refractivity (Wildman–Crippen MR) is 171 cm³/mol. The number of fused-ring (bicyclic) bond motifs is 7. The van der Waals surface area contributed by atoms with Gasteiger partial charge >= 0.3 is 11.9 Å². The predicted octanol–water partition coefficient (Wildman–Crippen LogP) is 8.64. The fourth-order valence-electron chi connectivity index (χ4n) is 11.7. The van der Waals surface area contributed by atoms with Gasteiger partial charge in [-0.3, -0.25) is 14.4 Å². The van der Waals surface area contributed by atoms with Gasteiger partial charge < -0.3 is 9.47 Å². The van der Waals surface area contributed by atoms with Crippen LogP contribution in [-0.4, -0.2) is 23.8 Å². The number of hydrogen-bond donors (Lipinski definition) is 0. The lowest BCUT2D eigenvalue weighted by atomic mass is 9.33. The van der Waals surface area contributed by atoms with E-state index in [0.717, 1.165) is 56.9 Å². The van der Waals surface area contributed by atoms with Gasteiger partial charge in [-0.1, -0.05) is 90.4 Å². The lowest BCUT2D eigenvalue weighted by Gasteiger charge is -2.70. The standard InChI is InChI=1S/C39H54O5/c1-25(40)44-29-23-36(6)30(35(4,5)32(29)41)16-17-38(8)31(36)15-14-27-28-22-34(2,3)18-20-39(28,21-19-37(27,38)7)33(42)43-24-26-12-10-9-11-13-26/h9-14,28-31H,15-24H2,1-8H3/t28-,29+,30-,31+,36-,37+,38+,39-/m0/s1. The minimum Gasteiger partial charge on any atom is -0.460 e. The van der Waals surface area contributed by atoms with Gasteiger partial charge in [-0.25, -0.2) is 0 Å². The largest absolute Gasteiger partial charge is 0.460 e. The second kappa shape index (κ2) is 10.3. The van der Waals surface area contributed by atoms with Gasteiger partial charge in [0, 0.05) is 12.3 Å². The van der Waals surface area contributed by atoms with Crippen LogP contribution < -0.4 is 0 Å². The molecule has 5 heteroatoms. The average Bonchev–Trinajstić information content (AvgIpc) is 2.95. The lowest BCUT2D eigenvalue weighted by molar-refractivity contribution is -0.206. The maximum atomic E-state index is 14.2. The molecule has 0 spiro atoms. The van der Waals surface area contributed by atoms with Gasteiger partial charge in [0.1, 0.15) is 6.61 Å². The number of benzene rings is 1. The molecule has 6 rings (SSSR count). The summed E-state index contributed by atoms with van der Waals surface area (Å²) >= 11 is 0. The zero-order valence-corrected chi connectivity index (χ0v) is 28.4. The van der Waals surface area contributed by atoms with Crippen LogP contribution in [-0.2, 0) is 30.5 Å². The third kappa shape index (κ3) is 4.48. The smallest absolute Gasteiger partial charge is 0.313 e. The van der Waals surface area contributed by atoms with E-state index in [1.807, 2.05) is 30.3 Å². The zero-order valence-electron chi connectivity index (χ0n) is 28.4. The second-order valence-electron chi connectivity index (χ2n) is 17.3. The molecular weight excluding hydrogens is 548 g/mol. The van der Waals surface area contributed by atoms with Gasteiger partial charge in [0.15, 0.2) is 11.9 Å². The van der Waals surface area contributed by atoms with Crippen LogP contribution in [0.4, 0.5) is 0 Å². The summed E-state index contributed by atoms with van der Waals surface area (Å²) < 4.78 is 11.9. The Morgan fingerprint density at radius 3 is 2.23 bits per heavy atom. The SMILES string of the molecule is CC(=O)O[C@@H]1C[C@]2(C)[C@H]3CC=C4[C@@H]5CC(C)(C)CC[C@]5(C(=O)OCc5ccccc5)CC[C@@]4(C)[C@]3(C)CC[C@H]2C(C)(C)C1=O. The quantitative estimate of drug-likeness (QED) is 0.255. The first-order chi connectivity index (χ1) is 20.5. The summed E-state index contributed by atoms with van der Waals surface area (Å²) in [5.74, 6) is 0.481. The molecule has 1 aromatic rings. The van der Waals surface area contributed by atoms with Crippen molar-refractivity contribution in [3.8, 4) is 0 Å². The number of ketones is 1. The molecule has 5 aliphatic rings. The van der Waals surface area contributed by atoms with E-state index < -0.39 is 16.9 Å². The number of carbonyl (C=O) groups is 3. The first-order valence-corrected chi connectivity index (χ1v) is 17.1. The monoisotopic (exact) mass is 602 g/mol. The Balaban J connectivity index is 1.37. The van der Waals surface area contributed by atoms with Gasteiger partial charge in [0.2, 0.25) is 0 Å². The Morgan fingerprint density at radius 1 is 0.864 bits per heavy atom. The van der Waals surface area contributed by atoms with Gasteiger partial charge in [-0.2, -0.15) is 0 Å². The van der Waals surface area contributed by atoms with E-state index in [2.05, 4.69) is 54.5 Å². The minimum absolute atomic E-state index is 0.00971. The molecule has 5 aliphatic carbocycles. The fourth-order valence-corrected chi connectivity index (χ4v) is 11.7. The van der Waals surface area contributed by atoms with E-state index >= 15 is 0 Å². The van der Waals surface area contributed by atoms with Crippen LogP contribution in [0, 0.1) is 50.2 Å². The van der Waals surface area contributed by atoms with Crippen molar-refractivity contribution in [1.29, 1.82) is 0 Å². The molecule has 8 atom stereocenters. The normalized spacial score (nSPS) is 42.0. The number of allylic oxidation sites excluding steroid dienone is 2. The van der Waals surface area contributed by atoms with Crippen molar-refractivity contribution in [2.45, 2.75) is 126 Å². The summed E-state index contributed by atoms with van der Waals surface area (Å²) in [5, 5.41) is 0. The van der Waals surface area contributed by atoms with E-state index in [0.29, 0.717) is 18.9 Å². The highest BCUT2D eigenvalue weighted by molar-refractivity contribution is 5.91. The third-order valence-corrected chi connectivity index (χ3v) is 14.3. The molecule has 44 heavy (non-hydrogen) atoms. The van der Waals surface area contributed by atoms with Gasteiger partial charge in [-0.15, -0.1) is 0 Å². The van der Waals surface area contributed by atoms with Crippen LogP contribution in [0.2, 0.25) is 0 Å². The minimum atomic E-state index is -0.679. The van der Waals surface area contributed by atoms with Crippen molar-refractivity contribution in [2.24, 2.45) is 50.2 Å². The number of hydrogen-bond acceptors (Lipinski definition) is 5. The molecule has 240 valence electrons. The first kappa shape index (κ1) is 31.5. The van der Waals surface area contributed by atoms with Crippen molar-refractivity contribution in [2.75, 3.05) is 0 Å². The maximum absolute atomic E-state index is 14.2. The van der Waals surface area contributed by atoms with Crippen molar-refractivity contribution in [3.63, 3.8) is 0 Å². The molecule has 0 heterocycles. The molecule has 1 aromatic carbocycles. The second-order valence-corrected chi connectivity index (χ2v) is 17.3. The Kier molecular flexibility index (Phi) is 7.38. The van der Waals surface area contributed by atoms with Crippen LogP contribution in [0.3, 0.4) is 0 Å². The molecule has 5 nitrogen and oxygen atoms in total. The molecular formula is C39H54O5. The Labute approximate surface area is 264 Å². The molecule has 0 bridgehead atoms. The number of Topliss-reactive ketones (excluding diaryl/α,β-unsaturated/α-hetero) is 1. The van der Waals surface area contributed by atoms with Crippen LogP contribution in [0.25, 0.3) is 0 Å². The summed E-state index contributed by atoms with van der Waals surface area (Å²) in [4.78, 5) is 40.0. The van der Waals surface area contributed by atoms with Gasteiger partial charge in [0.05, 0.1) is 5.41 Å². The number of ether oxygens (including phenoxy) is 2. The Morgan fingerprint density at radius 2 is 1.55 bits per heavy atom. The molecule has 4 fully saturated rings. The molecule has 0 aliphatic heterocycles. The summed E-state index contributed by atoms with van der Waals surface area (Å²) in [5.41, 5.74) is 1.51. The van der Waals surface area contributed by atoms with Gasteiger partial charge in [0.25, 0.3) is 0 Å². The molecule has 0 N–H and O–H groups in total. The fraction of sp³-hybridized carbons (Fsp3) is 0.718. The number of carbonyl (C=O) groups excluding carboxylic acids is 3. The van der Waals surface area contributed by atoms with E-state index in [4.69, 9.17) is 9.47 Å². The summed E-state index contributed by atoms with van der Waals surface area (Å²) in [6.45, 7) is 18.1. The first-order valence-electron chi connectivity index (χ1n) is 17.1. The zero-order chi connectivity index (χ0) is 31.9. The summed E-state index contributed by atoms with van der Waals surface area (Å²) in [6.07, 6.45) is 10.2. The van der Waals surface area contributed by atoms with Crippen molar-refractivity contribution in [1.82, 2.24) is 0 Å². The van der Waals surface area contributed by atoms with Crippen molar-refractivity contribution in [3.05, 3.63) is 47.5 Å². The van der Waals surface area contributed by atoms with E-state index in [9.17, 15) is 14.4 Å². The van der Waals surface area contributed by atoms with E-state index in [-0.39, 0.29) is 51.2 Å². The molecule has 4 saturated carbocycles. The Hall–Kier alpha value is -2.43. The van der Waals surface area contributed by atoms with Crippen LogP contribution >= 0.6 is 0 Å². The third-order valence-electron chi connectivity index (χ3n) is 14.3. The molecule has 0 amide bonds. The molecule has 0 saturated heterocycles. The average molecular weight is 603 g/mol. The lowest BCUT2D eigenvalue weighted by Crippen LogP contribution is -2.66. The summed E-state index contributed by atoms with van der Waals surface area (Å²) in [6, 6.07) is 10.0. The van der Waals surface area contributed by atoms with E-state index in [1.54, 1.807) is 0 Å². The van der Waals surface area contributed by atoms with Crippen LogP contribution in [0.5, 0.6) is 0 Å². The molecule has 0 unspecified atom stereocenters. The molecule has 0 aromatic heterocycles. The number of esters is 2. The van der Waals surface area contributed by atoms with E-state index in [1.165, 1.54) is 12.5 Å². The topological polar surface area (TPSA) is 69.7 Å². The van der Waals surface area contributed by atoms with Crippen LogP contribution in [0.1, 0.15) is 119 Å². The van der Waals surface area contributed by atoms with Gasteiger partial charge in [-0.05, 0) is 103 Å². The summed E-state index contributed by atoms with van der Waals surface area (Å²) in [7, 11) is 0. The highest BCUT2D eigenvalue weighted by atomic mass is 16.5.